The number of aromatic hydroxyl groups is 1. The Kier molecular flexibility index (Phi) is 3.00. The Balaban J connectivity index is 2.88. The molecular formula is C12H11ClN2O3. The van der Waals surface area contributed by atoms with Crippen LogP contribution in [-0.4, -0.2) is 14.7 Å². The second kappa shape index (κ2) is 4.34. The number of halogens is 1. The van der Waals surface area contributed by atoms with Crippen molar-refractivity contribution >= 4 is 11.6 Å². The second-order valence-electron chi connectivity index (χ2n) is 3.93. The summed E-state index contributed by atoms with van der Waals surface area (Å²) >= 11 is 5.97. The van der Waals surface area contributed by atoms with Crippen molar-refractivity contribution in [1.29, 1.82) is 0 Å². The maximum Gasteiger partial charge on any atom is 0.335 e. The molecule has 1 aromatic carbocycles. The summed E-state index contributed by atoms with van der Waals surface area (Å²) in [5, 5.41) is 10.4. The molecule has 0 aliphatic carbocycles. The lowest BCUT2D eigenvalue weighted by Crippen LogP contribution is -2.30. The fraction of sp³-hybridized carbons (Fsp3) is 0.167. The van der Waals surface area contributed by atoms with E-state index in [1.54, 1.807) is 25.1 Å². The van der Waals surface area contributed by atoms with Crippen molar-refractivity contribution < 1.29 is 5.11 Å². The smallest absolute Gasteiger partial charge is 0.335 e. The average Bonchev–Trinajstić information content (AvgIpc) is 2.32. The molecule has 0 fully saturated rings. The van der Waals surface area contributed by atoms with Gasteiger partial charge < -0.3 is 5.11 Å². The summed E-state index contributed by atoms with van der Waals surface area (Å²) in [7, 11) is 0. The van der Waals surface area contributed by atoms with E-state index in [2.05, 4.69) is 4.98 Å². The third kappa shape index (κ3) is 1.82. The lowest BCUT2D eigenvalue weighted by Gasteiger charge is -2.12. The molecule has 5 nitrogen and oxygen atoms in total. The average molecular weight is 267 g/mol. The molecule has 2 rings (SSSR count). The zero-order valence-corrected chi connectivity index (χ0v) is 10.6. The maximum atomic E-state index is 11.8. The highest BCUT2D eigenvalue weighted by molar-refractivity contribution is 6.31. The highest BCUT2D eigenvalue weighted by atomic mass is 35.5. The lowest BCUT2D eigenvalue weighted by atomic mass is 10.2. The van der Waals surface area contributed by atoms with E-state index in [0.29, 0.717) is 16.3 Å². The van der Waals surface area contributed by atoms with E-state index in [-0.39, 0.29) is 11.4 Å². The van der Waals surface area contributed by atoms with Crippen LogP contribution in [0.1, 0.15) is 11.1 Å². The molecule has 0 bridgehead atoms. The first kappa shape index (κ1) is 12.4. The molecule has 94 valence electrons. The standard InChI is InChI=1S/C12H11ClN2O3/c1-6-8(13)4-3-5-9(6)15-11(17)7(2)10(16)14-12(15)18/h3-5,17H,1-2H3,(H,14,16,18). The minimum absolute atomic E-state index is 0.0778. The highest BCUT2D eigenvalue weighted by Crippen LogP contribution is 2.24. The number of nitrogens with zero attached hydrogens (tertiary/aromatic N) is 1. The van der Waals surface area contributed by atoms with Gasteiger partial charge in [-0.3, -0.25) is 9.78 Å². The number of aromatic amines is 1. The summed E-state index contributed by atoms with van der Waals surface area (Å²) < 4.78 is 1.03. The van der Waals surface area contributed by atoms with Crippen LogP contribution in [0.3, 0.4) is 0 Å². The van der Waals surface area contributed by atoms with Crippen LogP contribution >= 0.6 is 11.6 Å². The normalized spacial score (nSPS) is 10.6. The molecule has 2 N–H and O–H groups in total. The minimum Gasteiger partial charge on any atom is -0.494 e. The predicted molar refractivity (Wildman–Crippen MR) is 68.8 cm³/mol. The van der Waals surface area contributed by atoms with E-state index in [1.165, 1.54) is 6.92 Å². The molecule has 18 heavy (non-hydrogen) atoms. The Labute approximate surface area is 107 Å². The number of nitrogens with one attached hydrogen (secondary N) is 1. The zero-order valence-electron chi connectivity index (χ0n) is 9.82. The summed E-state index contributed by atoms with van der Waals surface area (Å²) in [6.07, 6.45) is 0. The van der Waals surface area contributed by atoms with Crippen molar-refractivity contribution in [3.63, 3.8) is 0 Å². The zero-order chi connectivity index (χ0) is 13.4. The number of hydrogen-bond acceptors (Lipinski definition) is 3. The molecule has 0 unspecified atom stereocenters. The van der Waals surface area contributed by atoms with Gasteiger partial charge in [-0.1, -0.05) is 17.7 Å². The van der Waals surface area contributed by atoms with Crippen LogP contribution in [0.15, 0.2) is 27.8 Å². The Morgan fingerprint density at radius 2 is 1.89 bits per heavy atom. The third-order valence-corrected chi connectivity index (χ3v) is 3.20. The van der Waals surface area contributed by atoms with Gasteiger partial charge in [0.1, 0.15) is 0 Å². The number of benzene rings is 1. The quantitative estimate of drug-likeness (QED) is 0.821. The van der Waals surface area contributed by atoms with E-state index in [0.717, 1.165) is 4.57 Å². The van der Waals surface area contributed by atoms with Crippen molar-refractivity contribution in [3.05, 3.63) is 55.2 Å². The van der Waals surface area contributed by atoms with Crippen LogP contribution in [0, 0.1) is 13.8 Å². The van der Waals surface area contributed by atoms with Crippen LogP contribution in [0.5, 0.6) is 5.88 Å². The molecule has 0 amide bonds. The van der Waals surface area contributed by atoms with Gasteiger partial charge in [0.2, 0.25) is 5.88 Å². The van der Waals surface area contributed by atoms with Crippen molar-refractivity contribution in [1.82, 2.24) is 9.55 Å². The Morgan fingerprint density at radius 3 is 2.56 bits per heavy atom. The molecule has 0 aliphatic rings. The summed E-state index contributed by atoms with van der Waals surface area (Å²) in [4.78, 5) is 25.3. The van der Waals surface area contributed by atoms with Crippen LogP contribution < -0.4 is 11.2 Å². The fourth-order valence-corrected chi connectivity index (χ4v) is 1.84. The topological polar surface area (TPSA) is 75.1 Å². The summed E-state index contributed by atoms with van der Waals surface area (Å²) in [6.45, 7) is 3.16. The Bertz CT molecular complexity index is 731. The van der Waals surface area contributed by atoms with Gasteiger partial charge >= 0.3 is 5.69 Å². The molecule has 0 saturated heterocycles. The van der Waals surface area contributed by atoms with Gasteiger partial charge in [0.15, 0.2) is 0 Å². The van der Waals surface area contributed by atoms with Gasteiger partial charge in [-0.25, -0.2) is 9.36 Å². The molecular weight excluding hydrogens is 256 g/mol. The van der Waals surface area contributed by atoms with E-state index >= 15 is 0 Å². The fourth-order valence-electron chi connectivity index (χ4n) is 1.67. The van der Waals surface area contributed by atoms with Gasteiger partial charge in [0, 0.05) is 5.02 Å². The monoisotopic (exact) mass is 266 g/mol. The Hall–Kier alpha value is -2.01. The predicted octanol–water partition coefficient (Wildman–Crippen LogP) is 1.50. The van der Waals surface area contributed by atoms with Crippen LogP contribution in [0.2, 0.25) is 5.02 Å². The summed E-state index contributed by atoms with van der Waals surface area (Å²) in [5.41, 5.74) is -0.150. The number of hydrogen-bond donors (Lipinski definition) is 2. The van der Waals surface area contributed by atoms with Gasteiger partial charge in [-0.2, -0.15) is 0 Å². The molecule has 0 aliphatic heterocycles. The third-order valence-electron chi connectivity index (χ3n) is 2.79. The number of aromatic nitrogens is 2. The van der Waals surface area contributed by atoms with E-state index in [9.17, 15) is 14.7 Å². The van der Waals surface area contributed by atoms with Crippen LogP contribution in [0.4, 0.5) is 0 Å². The van der Waals surface area contributed by atoms with Crippen LogP contribution in [-0.2, 0) is 0 Å². The molecule has 0 saturated carbocycles. The maximum absolute atomic E-state index is 11.8. The van der Waals surface area contributed by atoms with Gasteiger partial charge in [0.05, 0.1) is 11.3 Å². The van der Waals surface area contributed by atoms with E-state index in [1.807, 2.05) is 0 Å². The Morgan fingerprint density at radius 1 is 1.22 bits per heavy atom. The SMILES string of the molecule is Cc1c(Cl)cccc1-n1c(O)c(C)c(=O)[nH]c1=O. The molecule has 0 radical (unpaired) electrons. The summed E-state index contributed by atoms with van der Waals surface area (Å²) in [6, 6.07) is 4.98. The lowest BCUT2D eigenvalue weighted by molar-refractivity contribution is 0.426. The van der Waals surface area contributed by atoms with E-state index < -0.39 is 11.2 Å². The minimum atomic E-state index is -0.700. The molecule has 1 aromatic heterocycles. The first-order chi connectivity index (χ1) is 8.43. The molecule has 1 heterocycles. The highest BCUT2D eigenvalue weighted by Gasteiger charge is 2.14. The van der Waals surface area contributed by atoms with Crippen molar-refractivity contribution in [2.24, 2.45) is 0 Å². The number of rotatable bonds is 1. The second-order valence-corrected chi connectivity index (χ2v) is 4.33. The molecule has 6 heteroatoms. The van der Waals surface area contributed by atoms with Crippen molar-refractivity contribution in [3.8, 4) is 11.6 Å². The van der Waals surface area contributed by atoms with Crippen LogP contribution in [0.25, 0.3) is 5.69 Å². The molecule has 0 spiro atoms. The van der Waals surface area contributed by atoms with Gasteiger partial charge in [-0.05, 0) is 31.5 Å². The first-order valence-corrected chi connectivity index (χ1v) is 5.61. The first-order valence-electron chi connectivity index (χ1n) is 5.24. The van der Waals surface area contributed by atoms with Crippen molar-refractivity contribution in [2.75, 3.05) is 0 Å². The van der Waals surface area contributed by atoms with Crippen molar-refractivity contribution in [2.45, 2.75) is 13.8 Å². The van der Waals surface area contributed by atoms with E-state index in [4.69, 9.17) is 11.6 Å². The molecule has 2 aromatic rings. The largest absolute Gasteiger partial charge is 0.494 e. The van der Waals surface area contributed by atoms with Gasteiger partial charge in [0.25, 0.3) is 5.56 Å². The summed E-state index contributed by atoms with van der Waals surface area (Å²) in [5.74, 6) is -0.380. The van der Waals surface area contributed by atoms with Gasteiger partial charge in [-0.15, -0.1) is 0 Å². The molecule has 0 atom stereocenters. The number of H-pyrrole nitrogens is 1.